The van der Waals surface area contributed by atoms with Crippen molar-refractivity contribution in [2.75, 3.05) is 13.2 Å². The molecule has 0 aliphatic carbocycles. The minimum atomic E-state index is 0.497. The van der Waals surface area contributed by atoms with Crippen molar-refractivity contribution in [2.45, 2.75) is 38.8 Å². The SMILES string of the molecule is CC(C)C1CC2NCCC2CO1. The lowest BCUT2D eigenvalue weighted by Gasteiger charge is -2.34. The maximum Gasteiger partial charge on any atom is 0.0613 e. The van der Waals surface area contributed by atoms with Crippen LogP contribution in [-0.4, -0.2) is 25.3 Å². The van der Waals surface area contributed by atoms with Gasteiger partial charge in [0.1, 0.15) is 0 Å². The third-order valence-corrected chi connectivity index (χ3v) is 3.24. The van der Waals surface area contributed by atoms with Gasteiger partial charge in [-0.2, -0.15) is 0 Å². The molecule has 2 nitrogen and oxygen atoms in total. The molecule has 2 heterocycles. The van der Waals surface area contributed by atoms with Crippen LogP contribution in [0.25, 0.3) is 0 Å². The second-order valence-corrected chi connectivity index (χ2v) is 4.46. The fourth-order valence-electron chi connectivity index (χ4n) is 2.33. The summed E-state index contributed by atoms with van der Waals surface area (Å²) in [4.78, 5) is 0. The van der Waals surface area contributed by atoms with Gasteiger partial charge in [0, 0.05) is 6.04 Å². The van der Waals surface area contributed by atoms with Crippen molar-refractivity contribution in [3.63, 3.8) is 0 Å². The van der Waals surface area contributed by atoms with E-state index in [1.807, 2.05) is 0 Å². The molecule has 2 fully saturated rings. The summed E-state index contributed by atoms with van der Waals surface area (Å²) in [5.41, 5.74) is 0. The highest BCUT2D eigenvalue weighted by Crippen LogP contribution is 2.28. The lowest BCUT2D eigenvalue weighted by atomic mass is 9.89. The third-order valence-electron chi connectivity index (χ3n) is 3.24. The van der Waals surface area contributed by atoms with Crippen LogP contribution in [-0.2, 0) is 4.74 Å². The highest BCUT2D eigenvalue weighted by atomic mass is 16.5. The Hall–Kier alpha value is -0.0800. The van der Waals surface area contributed by atoms with Crippen molar-refractivity contribution in [2.24, 2.45) is 11.8 Å². The molecular weight excluding hydrogens is 150 g/mol. The summed E-state index contributed by atoms with van der Waals surface area (Å²) in [6.45, 7) is 6.68. The summed E-state index contributed by atoms with van der Waals surface area (Å²) in [5, 5.41) is 3.56. The zero-order valence-electron chi connectivity index (χ0n) is 8.05. The number of nitrogens with one attached hydrogen (secondary N) is 1. The fraction of sp³-hybridized carbons (Fsp3) is 1.00. The monoisotopic (exact) mass is 169 g/mol. The van der Waals surface area contributed by atoms with Crippen LogP contribution < -0.4 is 5.32 Å². The molecule has 1 N–H and O–H groups in total. The first-order chi connectivity index (χ1) is 5.77. The lowest BCUT2D eigenvalue weighted by molar-refractivity contribution is -0.0448. The normalized spacial score (nSPS) is 41.8. The van der Waals surface area contributed by atoms with E-state index in [2.05, 4.69) is 19.2 Å². The van der Waals surface area contributed by atoms with E-state index in [1.54, 1.807) is 0 Å². The summed E-state index contributed by atoms with van der Waals surface area (Å²) in [6.07, 6.45) is 3.04. The van der Waals surface area contributed by atoms with Crippen molar-refractivity contribution in [3.8, 4) is 0 Å². The number of ether oxygens (including phenoxy) is 1. The molecule has 70 valence electrons. The quantitative estimate of drug-likeness (QED) is 0.641. The van der Waals surface area contributed by atoms with Crippen molar-refractivity contribution >= 4 is 0 Å². The van der Waals surface area contributed by atoms with Gasteiger partial charge in [-0.1, -0.05) is 13.8 Å². The molecule has 3 unspecified atom stereocenters. The van der Waals surface area contributed by atoms with E-state index in [4.69, 9.17) is 4.74 Å². The Morgan fingerprint density at radius 1 is 1.42 bits per heavy atom. The summed E-state index contributed by atoms with van der Waals surface area (Å²) in [7, 11) is 0. The average Bonchev–Trinajstić information content (AvgIpc) is 2.49. The Kier molecular flexibility index (Phi) is 2.37. The molecule has 0 radical (unpaired) electrons. The molecule has 0 aromatic carbocycles. The van der Waals surface area contributed by atoms with Gasteiger partial charge in [0.2, 0.25) is 0 Å². The van der Waals surface area contributed by atoms with Crippen LogP contribution in [0.1, 0.15) is 26.7 Å². The van der Waals surface area contributed by atoms with E-state index in [9.17, 15) is 0 Å². The van der Waals surface area contributed by atoms with Crippen molar-refractivity contribution < 1.29 is 4.74 Å². The van der Waals surface area contributed by atoms with E-state index in [-0.39, 0.29) is 0 Å². The highest BCUT2D eigenvalue weighted by Gasteiger charge is 2.35. The molecule has 2 aliphatic heterocycles. The van der Waals surface area contributed by atoms with E-state index in [0.717, 1.165) is 18.6 Å². The maximum absolute atomic E-state index is 5.81. The molecule has 12 heavy (non-hydrogen) atoms. The first-order valence-corrected chi connectivity index (χ1v) is 5.12. The van der Waals surface area contributed by atoms with Crippen molar-refractivity contribution in [1.82, 2.24) is 5.32 Å². The summed E-state index contributed by atoms with van der Waals surface area (Å²) < 4.78 is 5.81. The van der Waals surface area contributed by atoms with Crippen LogP contribution in [0.3, 0.4) is 0 Å². The van der Waals surface area contributed by atoms with Crippen LogP contribution >= 0.6 is 0 Å². The number of rotatable bonds is 1. The molecule has 0 bridgehead atoms. The zero-order chi connectivity index (χ0) is 8.55. The molecule has 0 spiro atoms. The Morgan fingerprint density at radius 2 is 2.25 bits per heavy atom. The van der Waals surface area contributed by atoms with Gasteiger partial charge in [-0.25, -0.2) is 0 Å². The average molecular weight is 169 g/mol. The predicted molar refractivity (Wildman–Crippen MR) is 49.1 cm³/mol. The van der Waals surface area contributed by atoms with E-state index < -0.39 is 0 Å². The minimum Gasteiger partial charge on any atom is -0.378 e. The van der Waals surface area contributed by atoms with Crippen LogP contribution in [0.5, 0.6) is 0 Å². The zero-order valence-corrected chi connectivity index (χ0v) is 8.05. The molecule has 0 amide bonds. The number of fused-ring (bicyclic) bond motifs is 1. The Labute approximate surface area is 74.7 Å². The van der Waals surface area contributed by atoms with Gasteiger partial charge >= 0.3 is 0 Å². The van der Waals surface area contributed by atoms with Gasteiger partial charge in [0.05, 0.1) is 12.7 Å². The molecule has 0 aromatic heterocycles. The van der Waals surface area contributed by atoms with Crippen LogP contribution in [0.15, 0.2) is 0 Å². The second kappa shape index (κ2) is 3.35. The number of hydrogen-bond acceptors (Lipinski definition) is 2. The maximum atomic E-state index is 5.81. The predicted octanol–water partition coefficient (Wildman–Crippen LogP) is 1.41. The first kappa shape index (κ1) is 8.52. The largest absolute Gasteiger partial charge is 0.378 e. The molecule has 2 rings (SSSR count). The molecule has 0 saturated carbocycles. The van der Waals surface area contributed by atoms with E-state index in [1.165, 1.54) is 19.4 Å². The standard InChI is InChI=1S/C10H19NO/c1-7(2)10-5-9-8(6-12-10)3-4-11-9/h7-11H,3-6H2,1-2H3. The Morgan fingerprint density at radius 3 is 3.00 bits per heavy atom. The Balaban J connectivity index is 1.92. The first-order valence-electron chi connectivity index (χ1n) is 5.12. The van der Waals surface area contributed by atoms with Gasteiger partial charge < -0.3 is 10.1 Å². The Bertz CT molecular complexity index is 158. The van der Waals surface area contributed by atoms with Gasteiger partial charge in [-0.3, -0.25) is 0 Å². The number of hydrogen-bond donors (Lipinski definition) is 1. The van der Waals surface area contributed by atoms with Gasteiger partial charge in [-0.15, -0.1) is 0 Å². The summed E-state index contributed by atoms with van der Waals surface area (Å²) in [6, 6.07) is 0.756. The highest BCUT2D eigenvalue weighted by molar-refractivity contribution is 4.89. The van der Waals surface area contributed by atoms with Gasteiger partial charge in [-0.05, 0) is 31.2 Å². The van der Waals surface area contributed by atoms with Gasteiger partial charge in [0.25, 0.3) is 0 Å². The van der Waals surface area contributed by atoms with E-state index in [0.29, 0.717) is 12.0 Å². The van der Waals surface area contributed by atoms with Crippen LogP contribution in [0.2, 0.25) is 0 Å². The lowest BCUT2D eigenvalue weighted by Crippen LogP contribution is -2.41. The van der Waals surface area contributed by atoms with Crippen molar-refractivity contribution in [3.05, 3.63) is 0 Å². The second-order valence-electron chi connectivity index (χ2n) is 4.46. The van der Waals surface area contributed by atoms with Crippen LogP contribution in [0.4, 0.5) is 0 Å². The molecule has 2 aliphatic rings. The fourth-order valence-corrected chi connectivity index (χ4v) is 2.33. The van der Waals surface area contributed by atoms with Gasteiger partial charge in [0.15, 0.2) is 0 Å². The topological polar surface area (TPSA) is 21.3 Å². The molecule has 3 atom stereocenters. The third kappa shape index (κ3) is 1.50. The van der Waals surface area contributed by atoms with Crippen LogP contribution in [0, 0.1) is 11.8 Å². The molecular formula is C10H19NO. The minimum absolute atomic E-state index is 0.497. The summed E-state index contributed by atoms with van der Waals surface area (Å²) in [5.74, 6) is 1.48. The van der Waals surface area contributed by atoms with E-state index >= 15 is 0 Å². The van der Waals surface area contributed by atoms with Crippen molar-refractivity contribution in [1.29, 1.82) is 0 Å². The molecule has 2 saturated heterocycles. The molecule has 2 heteroatoms. The smallest absolute Gasteiger partial charge is 0.0613 e. The molecule has 0 aromatic rings. The summed E-state index contributed by atoms with van der Waals surface area (Å²) >= 11 is 0.